The molecule has 0 saturated heterocycles. The molecule has 17 heavy (non-hydrogen) atoms. The molecule has 3 rings (SSSR count). The summed E-state index contributed by atoms with van der Waals surface area (Å²) in [7, 11) is 0. The number of imidazole rings is 1. The standard InChI is InChI=1S/C12H7BrClN3/c13-9-5-15-12-16-6-11(17(12)7-9)8-1-3-10(14)4-2-8/h1-7H. The summed E-state index contributed by atoms with van der Waals surface area (Å²) in [5, 5.41) is 0.724. The minimum atomic E-state index is 0.679. The van der Waals surface area contributed by atoms with Crippen LogP contribution in [-0.4, -0.2) is 14.4 Å². The van der Waals surface area contributed by atoms with Crippen molar-refractivity contribution in [3.05, 3.63) is 52.4 Å². The number of halogens is 2. The van der Waals surface area contributed by atoms with E-state index in [0.717, 1.165) is 20.8 Å². The van der Waals surface area contributed by atoms with E-state index >= 15 is 0 Å². The highest BCUT2D eigenvalue weighted by Crippen LogP contribution is 2.23. The van der Waals surface area contributed by atoms with Crippen LogP contribution in [0.1, 0.15) is 0 Å². The van der Waals surface area contributed by atoms with Crippen molar-refractivity contribution in [3.8, 4) is 11.3 Å². The first-order chi connectivity index (χ1) is 8.24. The first kappa shape index (κ1) is 10.7. The Kier molecular flexibility index (Phi) is 2.61. The largest absolute Gasteiger partial charge is 0.283 e. The van der Waals surface area contributed by atoms with E-state index < -0.39 is 0 Å². The molecule has 0 unspecified atom stereocenters. The quantitative estimate of drug-likeness (QED) is 0.684. The molecule has 0 saturated carbocycles. The molecule has 1 aromatic carbocycles. The van der Waals surface area contributed by atoms with Crippen LogP contribution in [0.4, 0.5) is 0 Å². The highest BCUT2D eigenvalue weighted by Gasteiger charge is 2.06. The van der Waals surface area contributed by atoms with E-state index in [4.69, 9.17) is 11.6 Å². The predicted octanol–water partition coefficient (Wildman–Crippen LogP) is 3.81. The summed E-state index contributed by atoms with van der Waals surface area (Å²) < 4.78 is 2.85. The van der Waals surface area contributed by atoms with Crippen LogP contribution in [0.2, 0.25) is 5.02 Å². The maximum Gasteiger partial charge on any atom is 0.234 e. The summed E-state index contributed by atoms with van der Waals surface area (Å²) in [5.41, 5.74) is 2.05. The van der Waals surface area contributed by atoms with Gasteiger partial charge in [-0.25, -0.2) is 9.97 Å². The van der Waals surface area contributed by atoms with E-state index in [-0.39, 0.29) is 0 Å². The Morgan fingerprint density at radius 1 is 1.06 bits per heavy atom. The van der Waals surface area contributed by atoms with Gasteiger partial charge in [0.15, 0.2) is 0 Å². The van der Waals surface area contributed by atoms with Crippen molar-refractivity contribution >= 4 is 33.3 Å². The fourth-order valence-corrected chi connectivity index (χ4v) is 2.12. The lowest BCUT2D eigenvalue weighted by molar-refractivity contribution is 1.10. The first-order valence-electron chi connectivity index (χ1n) is 4.98. The third-order valence-corrected chi connectivity index (χ3v) is 3.13. The zero-order valence-electron chi connectivity index (χ0n) is 8.64. The number of fused-ring (bicyclic) bond motifs is 1. The lowest BCUT2D eigenvalue weighted by Crippen LogP contribution is -1.90. The van der Waals surface area contributed by atoms with Crippen molar-refractivity contribution in [2.24, 2.45) is 0 Å². The fraction of sp³-hybridized carbons (Fsp3) is 0. The van der Waals surface area contributed by atoms with Gasteiger partial charge in [-0.05, 0) is 28.1 Å². The molecule has 0 bridgehead atoms. The van der Waals surface area contributed by atoms with Gasteiger partial charge in [-0.3, -0.25) is 4.40 Å². The van der Waals surface area contributed by atoms with Gasteiger partial charge in [0, 0.05) is 23.0 Å². The number of rotatable bonds is 1. The lowest BCUT2D eigenvalue weighted by Gasteiger charge is -2.01. The van der Waals surface area contributed by atoms with Crippen LogP contribution in [-0.2, 0) is 0 Å². The highest BCUT2D eigenvalue weighted by atomic mass is 79.9. The molecule has 2 aromatic heterocycles. The Hall–Kier alpha value is -1.39. The van der Waals surface area contributed by atoms with E-state index in [2.05, 4.69) is 25.9 Å². The van der Waals surface area contributed by atoms with Crippen molar-refractivity contribution in [1.29, 1.82) is 0 Å². The molecule has 3 aromatic rings. The normalized spacial score (nSPS) is 10.9. The van der Waals surface area contributed by atoms with Gasteiger partial charge in [-0.2, -0.15) is 0 Å². The molecular formula is C12H7BrClN3. The molecule has 3 nitrogen and oxygen atoms in total. The summed E-state index contributed by atoms with van der Waals surface area (Å²) >= 11 is 9.28. The van der Waals surface area contributed by atoms with Crippen LogP contribution in [0.3, 0.4) is 0 Å². The monoisotopic (exact) mass is 307 g/mol. The number of hydrogen-bond donors (Lipinski definition) is 0. The Bertz CT molecular complexity index is 676. The van der Waals surface area contributed by atoms with Crippen molar-refractivity contribution < 1.29 is 0 Å². The van der Waals surface area contributed by atoms with Crippen molar-refractivity contribution in [2.45, 2.75) is 0 Å². The Morgan fingerprint density at radius 3 is 2.53 bits per heavy atom. The molecule has 0 fully saturated rings. The summed E-state index contributed by atoms with van der Waals surface area (Å²) in [6.07, 6.45) is 5.48. The van der Waals surface area contributed by atoms with Gasteiger partial charge in [0.05, 0.1) is 16.4 Å². The fourth-order valence-electron chi connectivity index (χ4n) is 1.68. The van der Waals surface area contributed by atoms with Crippen LogP contribution in [0.25, 0.3) is 17.0 Å². The van der Waals surface area contributed by atoms with Gasteiger partial charge in [-0.15, -0.1) is 0 Å². The zero-order chi connectivity index (χ0) is 11.8. The molecule has 0 amide bonds. The average molecular weight is 309 g/mol. The highest BCUT2D eigenvalue weighted by molar-refractivity contribution is 9.10. The maximum absolute atomic E-state index is 5.87. The van der Waals surface area contributed by atoms with E-state index in [0.29, 0.717) is 5.78 Å². The topological polar surface area (TPSA) is 30.2 Å². The molecule has 0 atom stereocenters. The summed E-state index contributed by atoms with van der Waals surface area (Å²) in [5.74, 6) is 0.679. The molecular weight excluding hydrogens is 302 g/mol. The SMILES string of the molecule is Clc1ccc(-c2cnc3ncc(Br)cn23)cc1. The van der Waals surface area contributed by atoms with Crippen molar-refractivity contribution in [1.82, 2.24) is 14.4 Å². The molecule has 84 valence electrons. The molecule has 2 heterocycles. The first-order valence-corrected chi connectivity index (χ1v) is 6.16. The number of nitrogens with zero attached hydrogens (tertiary/aromatic N) is 3. The third kappa shape index (κ3) is 1.94. The van der Waals surface area contributed by atoms with Gasteiger partial charge in [0.25, 0.3) is 0 Å². The van der Waals surface area contributed by atoms with Crippen LogP contribution >= 0.6 is 27.5 Å². The van der Waals surface area contributed by atoms with Crippen LogP contribution in [0.15, 0.2) is 47.3 Å². The molecule has 0 spiro atoms. The number of hydrogen-bond acceptors (Lipinski definition) is 2. The number of benzene rings is 1. The summed E-state index contributed by atoms with van der Waals surface area (Å²) in [6.45, 7) is 0. The Balaban J connectivity index is 2.23. The smallest absolute Gasteiger partial charge is 0.234 e. The minimum absolute atomic E-state index is 0.679. The van der Waals surface area contributed by atoms with Gasteiger partial charge in [-0.1, -0.05) is 23.7 Å². The number of aromatic nitrogens is 3. The Labute approximate surface area is 111 Å². The average Bonchev–Trinajstić information content (AvgIpc) is 2.73. The van der Waals surface area contributed by atoms with E-state index in [1.54, 1.807) is 12.4 Å². The van der Waals surface area contributed by atoms with Crippen LogP contribution in [0, 0.1) is 0 Å². The molecule has 0 aliphatic heterocycles. The third-order valence-electron chi connectivity index (χ3n) is 2.47. The second-order valence-corrected chi connectivity index (χ2v) is 4.94. The van der Waals surface area contributed by atoms with Gasteiger partial charge in [0.2, 0.25) is 5.78 Å². The molecule has 0 radical (unpaired) electrons. The minimum Gasteiger partial charge on any atom is -0.283 e. The van der Waals surface area contributed by atoms with Gasteiger partial charge in [0.1, 0.15) is 0 Å². The molecule has 0 aliphatic rings. The van der Waals surface area contributed by atoms with Crippen LogP contribution in [0.5, 0.6) is 0 Å². The van der Waals surface area contributed by atoms with Crippen LogP contribution < -0.4 is 0 Å². The second-order valence-electron chi connectivity index (χ2n) is 3.59. The van der Waals surface area contributed by atoms with Crippen molar-refractivity contribution in [3.63, 3.8) is 0 Å². The Morgan fingerprint density at radius 2 is 1.76 bits per heavy atom. The molecule has 0 N–H and O–H groups in total. The predicted molar refractivity (Wildman–Crippen MR) is 71.1 cm³/mol. The summed E-state index contributed by atoms with van der Waals surface area (Å²) in [6, 6.07) is 7.66. The molecule has 0 aliphatic carbocycles. The maximum atomic E-state index is 5.87. The molecule has 5 heteroatoms. The summed E-state index contributed by atoms with van der Waals surface area (Å²) in [4.78, 5) is 8.48. The van der Waals surface area contributed by atoms with E-state index in [1.165, 1.54) is 0 Å². The second kappa shape index (κ2) is 4.13. The zero-order valence-corrected chi connectivity index (χ0v) is 11.0. The lowest BCUT2D eigenvalue weighted by atomic mass is 10.2. The van der Waals surface area contributed by atoms with Gasteiger partial charge >= 0.3 is 0 Å². The van der Waals surface area contributed by atoms with Crippen molar-refractivity contribution in [2.75, 3.05) is 0 Å². The van der Waals surface area contributed by atoms with Gasteiger partial charge < -0.3 is 0 Å². The van der Waals surface area contributed by atoms with E-state index in [9.17, 15) is 0 Å². The van der Waals surface area contributed by atoms with E-state index in [1.807, 2.05) is 34.9 Å².